The first-order valence-electron chi connectivity index (χ1n) is 7.73. The van der Waals surface area contributed by atoms with Crippen LogP contribution in [0.4, 0.5) is 0 Å². The molecule has 1 unspecified atom stereocenters. The zero-order valence-electron chi connectivity index (χ0n) is 12.6. The fourth-order valence-corrected chi connectivity index (χ4v) is 3.10. The predicted molar refractivity (Wildman–Crippen MR) is 76.2 cm³/mol. The molecule has 2 aliphatic rings. The highest BCUT2D eigenvalue weighted by molar-refractivity contribution is 5.80. The molecule has 0 spiro atoms. The summed E-state index contributed by atoms with van der Waals surface area (Å²) in [6.07, 6.45) is 4.64. The van der Waals surface area contributed by atoms with Gasteiger partial charge in [-0.15, -0.1) is 0 Å². The maximum atomic E-state index is 12.3. The first-order chi connectivity index (χ1) is 9.52. The molecule has 2 fully saturated rings. The Kier molecular flexibility index (Phi) is 5.02. The molecule has 5 heteroatoms. The van der Waals surface area contributed by atoms with Crippen molar-refractivity contribution in [1.82, 2.24) is 10.2 Å². The van der Waals surface area contributed by atoms with E-state index in [4.69, 9.17) is 4.74 Å². The van der Waals surface area contributed by atoms with Crippen LogP contribution < -0.4 is 5.32 Å². The predicted octanol–water partition coefficient (Wildman–Crippen LogP) is 1.46. The van der Waals surface area contributed by atoms with Crippen molar-refractivity contribution in [2.24, 2.45) is 0 Å². The molecule has 2 rings (SSSR count). The van der Waals surface area contributed by atoms with E-state index < -0.39 is 0 Å². The van der Waals surface area contributed by atoms with Crippen molar-refractivity contribution in [2.75, 3.05) is 19.7 Å². The van der Waals surface area contributed by atoms with Crippen LogP contribution in [0, 0.1) is 0 Å². The van der Waals surface area contributed by atoms with E-state index in [9.17, 15) is 9.59 Å². The topological polar surface area (TPSA) is 58.6 Å². The van der Waals surface area contributed by atoms with E-state index in [1.165, 1.54) is 0 Å². The van der Waals surface area contributed by atoms with Gasteiger partial charge in [-0.05, 0) is 39.5 Å². The number of ether oxygens (including phenoxy) is 1. The molecule has 0 aromatic heterocycles. The van der Waals surface area contributed by atoms with Gasteiger partial charge in [0.2, 0.25) is 11.8 Å². The van der Waals surface area contributed by atoms with Gasteiger partial charge >= 0.3 is 0 Å². The van der Waals surface area contributed by atoms with E-state index in [0.717, 1.165) is 45.4 Å². The molecule has 20 heavy (non-hydrogen) atoms. The second-order valence-electron chi connectivity index (χ2n) is 6.12. The van der Waals surface area contributed by atoms with Gasteiger partial charge in [-0.1, -0.05) is 0 Å². The molecule has 1 N–H and O–H groups in total. The summed E-state index contributed by atoms with van der Waals surface area (Å²) in [6.45, 7) is 6.37. The fraction of sp³-hybridized carbons (Fsp3) is 0.867. The van der Waals surface area contributed by atoms with Crippen molar-refractivity contribution in [2.45, 2.75) is 64.0 Å². The number of piperidine rings is 2. The summed E-state index contributed by atoms with van der Waals surface area (Å²) in [7, 11) is 0. The summed E-state index contributed by atoms with van der Waals surface area (Å²) >= 11 is 0. The normalized spacial score (nSPS) is 26.2. The van der Waals surface area contributed by atoms with Crippen LogP contribution in [0.1, 0.15) is 52.4 Å². The molecule has 2 heterocycles. The molecule has 0 aromatic rings. The van der Waals surface area contributed by atoms with E-state index in [1.54, 1.807) is 0 Å². The summed E-state index contributed by atoms with van der Waals surface area (Å²) in [4.78, 5) is 25.5. The molecule has 2 saturated heterocycles. The van der Waals surface area contributed by atoms with Crippen LogP contribution in [0.3, 0.4) is 0 Å². The van der Waals surface area contributed by atoms with Crippen molar-refractivity contribution in [3.8, 4) is 0 Å². The largest absolute Gasteiger partial charge is 0.375 e. The van der Waals surface area contributed by atoms with Crippen LogP contribution in [-0.2, 0) is 14.3 Å². The third-order valence-electron chi connectivity index (χ3n) is 4.41. The first kappa shape index (κ1) is 15.3. The fourth-order valence-electron chi connectivity index (χ4n) is 3.10. The summed E-state index contributed by atoms with van der Waals surface area (Å²) in [5.41, 5.74) is -0.0788. The zero-order valence-corrected chi connectivity index (χ0v) is 12.6. The Morgan fingerprint density at radius 3 is 2.75 bits per heavy atom. The van der Waals surface area contributed by atoms with E-state index in [1.807, 2.05) is 11.8 Å². The first-order valence-corrected chi connectivity index (χ1v) is 7.73. The standard InChI is InChI=1S/C15H26N2O3/c1-3-20-15(2)7-9-17(10-8-15)14(19)11-12-5-4-6-13(18)16-12/h12H,3-11H2,1-2H3,(H,16,18). The summed E-state index contributed by atoms with van der Waals surface area (Å²) in [6, 6.07) is 0.0314. The average Bonchev–Trinajstić information content (AvgIpc) is 2.39. The second-order valence-corrected chi connectivity index (χ2v) is 6.12. The summed E-state index contributed by atoms with van der Waals surface area (Å²) in [5, 5.41) is 2.91. The summed E-state index contributed by atoms with van der Waals surface area (Å²) < 4.78 is 5.77. The number of carbonyl (C=O) groups excluding carboxylic acids is 2. The van der Waals surface area contributed by atoms with Gasteiger partial charge in [-0.2, -0.15) is 0 Å². The zero-order chi connectivity index (χ0) is 14.6. The van der Waals surface area contributed by atoms with E-state index in [2.05, 4.69) is 12.2 Å². The molecular weight excluding hydrogens is 256 g/mol. The van der Waals surface area contributed by atoms with E-state index in [0.29, 0.717) is 12.8 Å². The number of likely N-dealkylation sites (tertiary alicyclic amines) is 1. The van der Waals surface area contributed by atoms with Crippen LogP contribution >= 0.6 is 0 Å². The van der Waals surface area contributed by atoms with Gasteiger partial charge in [0.25, 0.3) is 0 Å². The molecule has 114 valence electrons. The Labute approximate surface area is 121 Å². The van der Waals surface area contributed by atoms with Gasteiger partial charge in [-0.3, -0.25) is 9.59 Å². The van der Waals surface area contributed by atoms with Gasteiger partial charge in [0.1, 0.15) is 0 Å². The monoisotopic (exact) mass is 282 g/mol. The number of rotatable bonds is 4. The molecule has 5 nitrogen and oxygen atoms in total. The van der Waals surface area contributed by atoms with Crippen LogP contribution in [0.5, 0.6) is 0 Å². The van der Waals surface area contributed by atoms with Gasteiger partial charge in [0, 0.05) is 38.6 Å². The molecule has 0 bridgehead atoms. The van der Waals surface area contributed by atoms with Gasteiger partial charge in [-0.25, -0.2) is 0 Å². The Morgan fingerprint density at radius 1 is 1.45 bits per heavy atom. The summed E-state index contributed by atoms with van der Waals surface area (Å²) in [5.74, 6) is 0.243. The quantitative estimate of drug-likeness (QED) is 0.849. The second kappa shape index (κ2) is 6.57. The molecule has 2 amide bonds. The number of hydrogen-bond donors (Lipinski definition) is 1. The Morgan fingerprint density at radius 2 is 2.15 bits per heavy atom. The smallest absolute Gasteiger partial charge is 0.224 e. The minimum Gasteiger partial charge on any atom is -0.375 e. The van der Waals surface area contributed by atoms with Crippen LogP contribution in [0.25, 0.3) is 0 Å². The minimum atomic E-state index is -0.0788. The highest BCUT2D eigenvalue weighted by atomic mass is 16.5. The lowest BCUT2D eigenvalue weighted by Gasteiger charge is -2.39. The van der Waals surface area contributed by atoms with E-state index >= 15 is 0 Å². The third-order valence-corrected chi connectivity index (χ3v) is 4.41. The number of nitrogens with one attached hydrogen (secondary N) is 1. The van der Waals surface area contributed by atoms with Gasteiger partial charge < -0.3 is 15.0 Å². The number of hydrogen-bond acceptors (Lipinski definition) is 3. The van der Waals surface area contributed by atoms with Crippen LogP contribution in [0.2, 0.25) is 0 Å². The maximum Gasteiger partial charge on any atom is 0.224 e. The molecule has 0 radical (unpaired) electrons. The maximum absolute atomic E-state index is 12.3. The SMILES string of the molecule is CCOC1(C)CCN(C(=O)CC2CCCC(=O)N2)CC1. The van der Waals surface area contributed by atoms with Crippen molar-refractivity contribution in [3.05, 3.63) is 0 Å². The van der Waals surface area contributed by atoms with Crippen LogP contribution in [0.15, 0.2) is 0 Å². The van der Waals surface area contributed by atoms with Crippen molar-refractivity contribution in [1.29, 1.82) is 0 Å². The highest BCUT2D eigenvalue weighted by Crippen LogP contribution is 2.26. The third kappa shape index (κ3) is 3.95. The molecule has 0 saturated carbocycles. The molecule has 2 aliphatic heterocycles. The van der Waals surface area contributed by atoms with E-state index in [-0.39, 0.29) is 23.5 Å². The Bertz CT molecular complexity index is 362. The number of carbonyl (C=O) groups is 2. The average molecular weight is 282 g/mol. The molecule has 0 aliphatic carbocycles. The minimum absolute atomic E-state index is 0.0314. The van der Waals surface area contributed by atoms with Gasteiger partial charge in [0.05, 0.1) is 5.60 Å². The molecule has 0 aromatic carbocycles. The van der Waals surface area contributed by atoms with Crippen LogP contribution in [-0.4, -0.2) is 48.1 Å². The highest BCUT2D eigenvalue weighted by Gasteiger charge is 2.33. The number of amides is 2. The van der Waals surface area contributed by atoms with Crippen molar-refractivity contribution >= 4 is 11.8 Å². The Hall–Kier alpha value is -1.10. The number of nitrogens with zero attached hydrogens (tertiary/aromatic N) is 1. The lowest BCUT2D eigenvalue weighted by atomic mass is 9.92. The van der Waals surface area contributed by atoms with Crippen molar-refractivity contribution in [3.63, 3.8) is 0 Å². The lowest BCUT2D eigenvalue weighted by molar-refractivity contribution is -0.138. The molecule has 1 atom stereocenters. The van der Waals surface area contributed by atoms with Crippen molar-refractivity contribution < 1.29 is 14.3 Å². The lowest BCUT2D eigenvalue weighted by Crippen LogP contribution is -2.48. The Balaban J connectivity index is 1.78. The molecular formula is C15H26N2O3. The van der Waals surface area contributed by atoms with Gasteiger partial charge in [0.15, 0.2) is 0 Å².